The standard InChI is InChI=1S/C20H29ClN2O4/c1-19(2,12-24)11-22-17(25)14-10-20(3,18(26)27-5)23(4)16(14)13-8-6-7-9-15(13)21/h6-9,14,16,24H,10-12H2,1-5H3,(H,22,25)/t14-,16-,20-/m0/s1. The molecule has 0 spiro atoms. The van der Waals surface area contributed by atoms with Gasteiger partial charge < -0.3 is 15.2 Å². The van der Waals surface area contributed by atoms with Crippen molar-refractivity contribution in [1.82, 2.24) is 10.2 Å². The number of carbonyl (C=O) groups excluding carboxylic acids is 2. The molecule has 27 heavy (non-hydrogen) atoms. The van der Waals surface area contributed by atoms with Crippen molar-refractivity contribution < 1.29 is 19.4 Å². The molecule has 1 aliphatic rings. The lowest BCUT2D eigenvalue weighted by molar-refractivity contribution is -0.152. The second-order valence-electron chi connectivity index (χ2n) is 8.19. The Morgan fingerprint density at radius 1 is 1.41 bits per heavy atom. The number of rotatable bonds is 6. The average molecular weight is 397 g/mol. The second kappa shape index (κ2) is 8.17. The number of aliphatic hydroxyl groups is 1. The summed E-state index contributed by atoms with van der Waals surface area (Å²) in [5.41, 5.74) is -0.561. The van der Waals surface area contributed by atoms with Crippen LogP contribution in [0.4, 0.5) is 0 Å². The molecule has 0 aromatic heterocycles. The van der Waals surface area contributed by atoms with Crippen LogP contribution in [0.5, 0.6) is 0 Å². The summed E-state index contributed by atoms with van der Waals surface area (Å²) in [5.74, 6) is -1.03. The average Bonchev–Trinajstić information content (AvgIpc) is 2.92. The van der Waals surface area contributed by atoms with E-state index in [2.05, 4.69) is 5.32 Å². The minimum absolute atomic E-state index is 0.0360. The monoisotopic (exact) mass is 396 g/mol. The Morgan fingerprint density at radius 2 is 2.04 bits per heavy atom. The van der Waals surface area contributed by atoms with Crippen LogP contribution in [0.3, 0.4) is 0 Å². The van der Waals surface area contributed by atoms with Crippen molar-refractivity contribution >= 4 is 23.5 Å². The molecule has 0 unspecified atom stereocenters. The second-order valence-corrected chi connectivity index (χ2v) is 8.60. The predicted octanol–water partition coefficient (Wildman–Crippen LogP) is 2.40. The Kier molecular flexibility index (Phi) is 6.55. The van der Waals surface area contributed by atoms with Crippen molar-refractivity contribution in [2.75, 3.05) is 27.3 Å². The SMILES string of the molecule is COC(=O)[C@]1(C)C[C@H](C(=O)NCC(C)(C)CO)[C@H](c2ccccc2Cl)N1C. The number of nitrogens with zero attached hydrogens (tertiary/aromatic N) is 1. The molecule has 0 bridgehead atoms. The Bertz CT molecular complexity index is 709. The van der Waals surface area contributed by atoms with Crippen molar-refractivity contribution in [2.24, 2.45) is 11.3 Å². The molecular weight excluding hydrogens is 368 g/mol. The zero-order valence-electron chi connectivity index (χ0n) is 16.6. The van der Waals surface area contributed by atoms with Crippen molar-refractivity contribution in [3.05, 3.63) is 34.9 Å². The Hall–Kier alpha value is -1.63. The number of ether oxygens (including phenoxy) is 1. The van der Waals surface area contributed by atoms with Gasteiger partial charge >= 0.3 is 5.97 Å². The van der Waals surface area contributed by atoms with Crippen LogP contribution in [-0.4, -0.2) is 54.7 Å². The molecule has 6 nitrogen and oxygen atoms in total. The fraction of sp³-hybridized carbons (Fsp3) is 0.600. The number of likely N-dealkylation sites (tertiary alicyclic amines) is 1. The van der Waals surface area contributed by atoms with Gasteiger partial charge in [-0.2, -0.15) is 0 Å². The van der Waals surface area contributed by atoms with Crippen LogP contribution in [0.15, 0.2) is 24.3 Å². The van der Waals surface area contributed by atoms with E-state index >= 15 is 0 Å². The Balaban J connectivity index is 2.38. The molecule has 1 saturated heterocycles. The van der Waals surface area contributed by atoms with E-state index in [0.29, 0.717) is 18.0 Å². The van der Waals surface area contributed by atoms with Gasteiger partial charge in [-0.25, -0.2) is 0 Å². The molecule has 1 aromatic rings. The van der Waals surface area contributed by atoms with Crippen LogP contribution in [0, 0.1) is 11.3 Å². The molecule has 1 aliphatic heterocycles. The molecule has 1 amide bonds. The van der Waals surface area contributed by atoms with Crippen LogP contribution in [-0.2, 0) is 14.3 Å². The smallest absolute Gasteiger partial charge is 0.326 e. The van der Waals surface area contributed by atoms with E-state index in [9.17, 15) is 14.7 Å². The number of hydrogen-bond donors (Lipinski definition) is 2. The topological polar surface area (TPSA) is 78.9 Å². The van der Waals surface area contributed by atoms with Crippen molar-refractivity contribution in [3.8, 4) is 0 Å². The van der Waals surface area contributed by atoms with E-state index in [1.54, 1.807) is 13.0 Å². The number of esters is 1. The lowest BCUT2D eigenvalue weighted by Gasteiger charge is -2.33. The number of halogens is 1. The van der Waals surface area contributed by atoms with Crippen LogP contribution in [0.2, 0.25) is 5.02 Å². The van der Waals surface area contributed by atoms with Crippen LogP contribution in [0.1, 0.15) is 38.8 Å². The first kappa shape index (κ1) is 21.7. The van der Waals surface area contributed by atoms with Gasteiger partial charge in [0.2, 0.25) is 5.91 Å². The number of likely N-dealkylation sites (N-methyl/N-ethyl adjacent to an activating group) is 1. The molecule has 0 aliphatic carbocycles. The zero-order chi connectivity index (χ0) is 20.4. The highest BCUT2D eigenvalue weighted by molar-refractivity contribution is 6.31. The summed E-state index contributed by atoms with van der Waals surface area (Å²) in [7, 11) is 3.17. The maximum absolute atomic E-state index is 13.0. The Labute approximate surface area is 165 Å². The van der Waals surface area contributed by atoms with Crippen LogP contribution < -0.4 is 5.32 Å². The first-order valence-corrected chi connectivity index (χ1v) is 9.39. The van der Waals surface area contributed by atoms with Crippen molar-refractivity contribution in [1.29, 1.82) is 0 Å². The third-order valence-electron chi connectivity index (χ3n) is 5.55. The van der Waals surface area contributed by atoms with E-state index in [1.807, 2.05) is 44.0 Å². The van der Waals surface area contributed by atoms with Gasteiger partial charge in [0.15, 0.2) is 0 Å². The number of benzene rings is 1. The molecule has 2 N–H and O–H groups in total. The fourth-order valence-corrected chi connectivity index (χ4v) is 3.85. The van der Waals surface area contributed by atoms with Crippen LogP contribution >= 0.6 is 11.6 Å². The van der Waals surface area contributed by atoms with E-state index < -0.39 is 16.9 Å². The van der Waals surface area contributed by atoms with Gasteiger partial charge in [0, 0.05) is 29.6 Å². The Morgan fingerprint density at radius 3 is 2.59 bits per heavy atom. The third-order valence-corrected chi connectivity index (χ3v) is 5.89. The summed E-state index contributed by atoms with van der Waals surface area (Å²) in [6, 6.07) is 7.00. The maximum atomic E-state index is 13.0. The molecule has 3 atom stereocenters. The molecule has 1 heterocycles. The maximum Gasteiger partial charge on any atom is 0.326 e. The van der Waals surface area contributed by atoms with Crippen molar-refractivity contribution in [3.63, 3.8) is 0 Å². The molecular formula is C20H29ClN2O4. The van der Waals surface area contributed by atoms with E-state index in [-0.39, 0.29) is 24.5 Å². The fourth-order valence-electron chi connectivity index (χ4n) is 3.60. The highest BCUT2D eigenvalue weighted by Crippen LogP contribution is 2.47. The normalized spacial score (nSPS) is 26.0. The first-order valence-electron chi connectivity index (χ1n) is 9.02. The van der Waals surface area contributed by atoms with E-state index in [1.165, 1.54) is 7.11 Å². The van der Waals surface area contributed by atoms with Gasteiger partial charge in [0.1, 0.15) is 5.54 Å². The quantitative estimate of drug-likeness (QED) is 0.722. The molecule has 0 radical (unpaired) electrons. The van der Waals surface area contributed by atoms with E-state index in [4.69, 9.17) is 16.3 Å². The highest BCUT2D eigenvalue weighted by atomic mass is 35.5. The number of aliphatic hydroxyl groups excluding tert-OH is 1. The lowest BCUT2D eigenvalue weighted by atomic mass is 9.88. The van der Waals surface area contributed by atoms with E-state index in [0.717, 1.165) is 5.56 Å². The van der Waals surface area contributed by atoms with Gasteiger partial charge in [-0.05, 0) is 32.0 Å². The zero-order valence-corrected chi connectivity index (χ0v) is 17.3. The number of carbonyl (C=O) groups is 2. The summed E-state index contributed by atoms with van der Waals surface area (Å²) in [4.78, 5) is 27.4. The summed E-state index contributed by atoms with van der Waals surface area (Å²) < 4.78 is 5.00. The summed E-state index contributed by atoms with van der Waals surface area (Å²) in [6.45, 7) is 5.84. The van der Waals surface area contributed by atoms with Gasteiger partial charge in [0.25, 0.3) is 0 Å². The summed E-state index contributed by atoms with van der Waals surface area (Å²) in [6.07, 6.45) is 0.317. The van der Waals surface area contributed by atoms with Gasteiger partial charge in [-0.3, -0.25) is 14.5 Å². The summed E-state index contributed by atoms with van der Waals surface area (Å²) >= 11 is 6.41. The predicted molar refractivity (Wildman–Crippen MR) is 104 cm³/mol. The molecule has 1 aromatic carbocycles. The number of hydrogen-bond acceptors (Lipinski definition) is 5. The molecule has 0 saturated carbocycles. The first-order chi connectivity index (χ1) is 12.6. The number of nitrogens with one attached hydrogen (secondary N) is 1. The van der Waals surface area contributed by atoms with Gasteiger partial charge in [-0.1, -0.05) is 43.6 Å². The minimum atomic E-state index is -0.937. The molecule has 150 valence electrons. The number of amides is 1. The highest BCUT2D eigenvalue weighted by Gasteiger charge is 2.55. The summed E-state index contributed by atoms with van der Waals surface area (Å²) in [5, 5.41) is 12.9. The lowest BCUT2D eigenvalue weighted by Crippen LogP contribution is -2.47. The molecule has 7 heteroatoms. The minimum Gasteiger partial charge on any atom is -0.468 e. The van der Waals surface area contributed by atoms with Crippen molar-refractivity contribution in [2.45, 2.75) is 38.8 Å². The van der Waals surface area contributed by atoms with Crippen LogP contribution in [0.25, 0.3) is 0 Å². The molecule has 1 fully saturated rings. The van der Waals surface area contributed by atoms with Gasteiger partial charge in [0.05, 0.1) is 13.0 Å². The number of methoxy groups -OCH3 is 1. The largest absolute Gasteiger partial charge is 0.468 e. The van der Waals surface area contributed by atoms with Gasteiger partial charge in [-0.15, -0.1) is 0 Å². The third kappa shape index (κ3) is 4.28. The molecule has 2 rings (SSSR count).